The van der Waals surface area contributed by atoms with E-state index in [1.165, 1.54) is 32.8 Å². The highest BCUT2D eigenvalue weighted by molar-refractivity contribution is 5.87. The second kappa shape index (κ2) is 7.84. The Kier molecular flexibility index (Phi) is 7.36. The van der Waals surface area contributed by atoms with Crippen LogP contribution < -0.4 is 0 Å². The van der Waals surface area contributed by atoms with E-state index in [4.69, 9.17) is 0 Å². The zero-order valence-corrected chi connectivity index (χ0v) is 8.93. The number of allylic oxidation sites excluding steroid dienone is 1. The third-order valence-electron chi connectivity index (χ3n) is 2.02. The van der Waals surface area contributed by atoms with Crippen LogP contribution >= 0.6 is 0 Å². The Labute approximate surface area is 81.0 Å². The molecule has 0 atom stereocenters. The van der Waals surface area contributed by atoms with Gasteiger partial charge < -0.3 is 4.74 Å². The van der Waals surface area contributed by atoms with Gasteiger partial charge in [-0.3, -0.25) is 0 Å². The fraction of sp³-hybridized carbons (Fsp3) is 0.727. The Balaban J connectivity index is 3.53. The minimum Gasteiger partial charge on any atom is -0.466 e. The normalized spacial score (nSPS) is 11.5. The van der Waals surface area contributed by atoms with E-state index in [-0.39, 0.29) is 5.97 Å². The van der Waals surface area contributed by atoms with Crippen molar-refractivity contribution < 1.29 is 9.53 Å². The molecule has 2 nitrogen and oxygen atoms in total. The molecule has 0 spiro atoms. The first-order valence-corrected chi connectivity index (χ1v) is 4.97. The monoisotopic (exact) mass is 184 g/mol. The molecule has 0 N–H and O–H groups in total. The Bertz CT molecular complexity index is 171. The van der Waals surface area contributed by atoms with E-state index in [0.29, 0.717) is 0 Å². The van der Waals surface area contributed by atoms with Crippen LogP contribution in [0, 0.1) is 0 Å². The third kappa shape index (κ3) is 6.38. The predicted octanol–water partition coefficient (Wildman–Crippen LogP) is 3.08. The summed E-state index contributed by atoms with van der Waals surface area (Å²) in [6.07, 6.45) is 7.90. The molecule has 0 bridgehead atoms. The third-order valence-corrected chi connectivity index (χ3v) is 2.02. The van der Waals surface area contributed by atoms with E-state index in [1.54, 1.807) is 6.92 Å². The average Bonchev–Trinajstić information content (AvgIpc) is 2.16. The van der Waals surface area contributed by atoms with Gasteiger partial charge in [-0.25, -0.2) is 4.79 Å². The van der Waals surface area contributed by atoms with Crippen molar-refractivity contribution >= 4 is 5.97 Å². The van der Waals surface area contributed by atoms with Gasteiger partial charge in [-0.05, 0) is 19.8 Å². The summed E-state index contributed by atoms with van der Waals surface area (Å²) >= 11 is 0. The minimum absolute atomic E-state index is 0.213. The number of methoxy groups -OCH3 is 1. The number of hydrogen-bond donors (Lipinski definition) is 0. The molecule has 0 saturated carbocycles. The zero-order chi connectivity index (χ0) is 10.1. The molecule has 0 fully saturated rings. The molecule has 0 saturated heterocycles. The molecule has 0 aromatic heterocycles. The first-order valence-electron chi connectivity index (χ1n) is 4.97. The molecule has 2 heteroatoms. The highest BCUT2D eigenvalue weighted by atomic mass is 16.5. The summed E-state index contributed by atoms with van der Waals surface area (Å²) in [5.41, 5.74) is 0.721. The minimum atomic E-state index is -0.213. The van der Waals surface area contributed by atoms with Crippen LogP contribution in [0.4, 0.5) is 0 Å². The molecule has 0 aliphatic rings. The Morgan fingerprint density at radius 2 is 2.00 bits per heavy atom. The summed E-state index contributed by atoms with van der Waals surface area (Å²) in [4.78, 5) is 10.9. The molecule has 0 unspecified atom stereocenters. The topological polar surface area (TPSA) is 26.3 Å². The largest absolute Gasteiger partial charge is 0.466 e. The summed E-state index contributed by atoms with van der Waals surface area (Å²) in [6, 6.07) is 0. The van der Waals surface area contributed by atoms with Crippen LogP contribution in [0.2, 0.25) is 0 Å². The number of carbonyl (C=O) groups excluding carboxylic acids is 1. The maximum absolute atomic E-state index is 10.9. The molecule has 0 radical (unpaired) electrons. The van der Waals surface area contributed by atoms with Crippen LogP contribution in [0.15, 0.2) is 11.6 Å². The molecule has 0 aliphatic carbocycles. The fourth-order valence-corrected chi connectivity index (χ4v) is 1.13. The Morgan fingerprint density at radius 3 is 2.54 bits per heavy atom. The number of carbonyl (C=O) groups is 1. The van der Waals surface area contributed by atoms with E-state index in [2.05, 4.69) is 11.7 Å². The molecule has 0 aliphatic heterocycles. The lowest BCUT2D eigenvalue weighted by Crippen LogP contribution is -2.01. The zero-order valence-electron chi connectivity index (χ0n) is 8.93. The van der Waals surface area contributed by atoms with Gasteiger partial charge in [-0.2, -0.15) is 0 Å². The molecule has 0 aromatic carbocycles. The van der Waals surface area contributed by atoms with Crippen LogP contribution in [-0.2, 0) is 9.53 Å². The molecular weight excluding hydrogens is 164 g/mol. The maximum Gasteiger partial charge on any atom is 0.333 e. The molecule has 13 heavy (non-hydrogen) atoms. The number of esters is 1. The van der Waals surface area contributed by atoms with E-state index in [0.717, 1.165) is 12.0 Å². The molecule has 76 valence electrons. The molecule has 0 rings (SSSR count). The number of unbranched alkanes of at least 4 members (excludes halogenated alkanes) is 4. The van der Waals surface area contributed by atoms with Crippen LogP contribution in [-0.4, -0.2) is 13.1 Å². The number of hydrogen-bond acceptors (Lipinski definition) is 2. The van der Waals surface area contributed by atoms with Crippen LogP contribution in [0.25, 0.3) is 0 Å². The summed E-state index contributed by atoms with van der Waals surface area (Å²) in [6.45, 7) is 3.99. The van der Waals surface area contributed by atoms with Gasteiger partial charge in [0.1, 0.15) is 0 Å². The van der Waals surface area contributed by atoms with Crippen molar-refractivity contribution in [3.63, 3.8) is 0 Å². The smallest absolute Gasteiger partial charge is 0.333 e. The SMILES string of the molecule is CCCCCC/C=C(\C)C(=O)OC. The van der Waals surface area contributed by atoms with E-state index in [1.807, 2.05) is 6.08 Å². The quantitative estimate of drug-likeness (QED) is 0.360. The predicted molar refractivity (Wildman–Crippen MR) is 54.5 cm³/mol. The van der Waals surface area contributed by atoms with Gasteiger partial charge in [0.2, 0.25) is 0 Å². The fourth-order valence-electron chi connectivity index (χ4n) is 1.13. The van der Waals surface area contributed by atoms with Crippen molar-refractivity contribution in [2.45, 2.75) is 46.0 Å². The molecular formula is C11H20O2. The van der Waals surface area contributed by atoms with Crippen LogP contribution in [0.1, 0.15) is 46.0 Å². The lowest BCUT2D eigenvalue weighted by atomic mass is 10.1. The van der Waals surface area contributed by atoms with Gasteiger partial charge in [0.25, 0.3) is 0 Å². The van der Waals surface area contributed by atoms with Gasteiger partial charge in [0, 0.05) is 5.57 Å². The van der Waals surface area contributed by atoms with Gasteiger partial charge in [0.15, 0.2) is 0 Å². The number of rotatable bonds is 6. The lowest BCUT2D eigenvalue weighted by molar-refractivity contribution is -0.136. The first-order chi connectivity index (χ1) is 6.22. The summed E-state index contributed by atoms with van der Waals surface area (Å²) in [7, 11) is 1.41. The van der Waals surface area contributed by atoms with Crippen LogP contribution in [0.5, 0.6) is 0 Å². The molecule has 0 aromatic rings. The highest BCUT2D eigenvalue weighted by Crippen LogP contribution is 2.05. The summed E-state index contributed by atoms with van der Waals surface area (Å²) in [5, 5.41) is 0. The second-order valence-electron chi connectivity index (χ2n) is 3.23. The average molecular weight is 184 g/mol. The van der Waals surface area contributed by atoms with Crippen molar-refractivity contribution in [1.82, 2.24) is 0 Å². The van der Waals surface area contributed by atoms with Gasteiger partial charge >= 0.3 is 5.97 Å². The standard InChI is InChI=1S/C11H20O2/c1-4-5-6-7-8-9-10(2)11(12)13-3/h9H,4-8H2,1-3H3/b10-9+. The lowest BCUT2D eigenvalue weighted by Gasteiger charge is -1.98. The van der Waals surface area contributed by atoms with Crippen molar-refractivity contribution in [2.24, 2.45) is 0 Å². The van der Waals surface area contributed by atoms with E-state index in [9.17, 15) is 4.79 Å². The molecule has 0 heterocycles. The van der Waals surface area contributed by atoms with E-state index >= 15 is 0 Å². The second-order valence-corrected chi connectivity index (χ2v) is 3.23. The van der Waals surface area contributed by atoms with E-state index < -0.39 is 0 Å². The highest BCUT2D eigenvalue weighted by Gasteiger charge is 2.00. The Hall–Kier alpha value is -0.790. The number of ether oxygens (including phenoxy) is 1. The summed E-state index contributed by atoms with van der Waals surface area (Å²) in [5.74, 6) is -0.213. The van der Waals surface area contributed by atoms with Crippen molar-refractivity contribution in [3.05, 3.63) is 11.6 Å². The molecule has 0 amide bonds. The summed E-state index contributed by atoms with van der Waals surface area (Å²) < 4.78 is 4.58. The van der Waals surface area contributed by atoms with Crippen molar-refractivity contribution in [1.29, 1.82) is 0 Å². The van der Waals surface area contributed by atoms with Gasteiger partial charge in [-0.15, -0.1) is 0 Å². The van der Waals surface area contributed by atoms with Crippen molar-refractivity contribution in [2.75, 3.05) is 7.11 Å². The van der Waals surface area contributed by atoms with Gasteiger partial charge in [0.05, 0.1) is 7.11 Å². The van der Waals surface area contributed by atoms with Crippen LogP contribution in [0.3, 0.4) is 0 Å². The Morgan fingerprint density at radius 1 is 1.31 bits per heavy atom. The van der Waals surface area contributed by atoms with Gasteiger partial charge in [-0.1, -0.05) is 32.3 Å². The maximum atomic E-state index is 10.9. The van der Waals surface area contributed by atoms with Crippen molar-refractivity contribution in [3.8, 4) is 0 Å². The first kappa shape index (κ1) is 12.2.